The maximum Gasteiger partial charge on any atom is 0.224 e. The third-order valence-electron chi connectivity index (χ3n) is 8.59. The fraction of sp³-hybridized carbons (Fsp3) is 0.359. The molecule has 258 valence electrons. The number of carbonyl (C=O) groups is 2. The Kier molecular flexibility index (Phi) is 13.3. The number of nitrogens with one attached hydrogen (secondary N) is 2. The number of nitrogen functional groups attached to an aromatic ring is 1. The number of hydrogen-bond acceptors (Lipinski definition) is 8. The second-order valence-corrected chi connectivity index (χ2v) is 12.6. The predicted octanol–water partition coefficient (Wildman–Crippen LogP) is 6.40. The van der Waals surface area contributed by atoms with E-state index < -0.39 is 6.29 Å². The van der Waals surface area contributed by atoms with Crippen LogP contribution in [0.2, 0.25) is 0 Å². The van der Waals surface area contributed by atoms with Crippen molar-refractivity contribution < 1.29 is 24.2 Å². The smallest absolute Gasteiger partial charge is 0.224 e. The average Bonchev–Trinajstić information content (AvgIpc) is 3.12. The summed E-state index contributed by atoms with van der Waals surface area (Å²) in [5, 5.41) is 15.4. The summed E-state index contributed by atoms with van der Waals surface area (Å²) in [4.78, 5) is 31.8. The lowest BCUT2D eigenvalue weighted by Crippen LogP contribution is -2.38. The Hall–Kier alpha value is -4.61. The van der Waals surface area contributed by atoms with E-state index >= 15 is 0 Å². The quantitative estimate of drug-likeness (QED) is 0.0797. The summed E-state index contributed by atoms with van der Waals surface area (Å²) in [7, 11) is 2.09. The Labute approximate surface area is 288 Å². The van der Waals surface area contributed by atoms with Crippen LogP contribution < -0.4 is 16.4 Å². The highest BCUT2D eigenvalue weighted by atomic mass is 16.7. The zero-order valence-electron chi connectivity index (χ0n) is 28.1. The van der Waals surface area contributed by atoms with E-state index in [-0.39, 0.29) is 30.6 Å². The highest BCUT2D eigenvalue weighted by Gasteiger charge is 2.33. The summed E-state index contributed by atoms with van der Waals surface area (Å²) in [6.45, 7) is 1.55. The number of aliphatic hydroxyl groups excluding tert-OH is 1. The molecule has 0 bridgehead atoms. The molecule has 10 nitrogen and oxygen atoms in total. The Morgan fingerprint density at radius 1 is 0.878 bits per heavy atom. The molecule has 1 aromatic heterocycles. The number of nitrogens with two attached hydrogens (primary N) is 1. The van der Waals surface area contributed by atoms with E-state index in [1.807, 2.05) is 85.1 Å². The van der Waals surface area contributed by atoms with E-state index in [0.717, 1.165) is 48.3 Å². The molecule has 1 fully saturated rings. The van der Waals surface area contributed by atoms with Gasteiger partial charge in [0.2, 0.25) is 11.8 Å². The van der Waals surface area contributed by atoms with E-state index in [4.69, 9.17) is 15.2 Å². The van der Waals surface area contributed by atoms with E-state index in [1.54, 1.807) is 12.1 Å². The minimum Gasteiger partial charge on any atom is -0.397 e. The number of nitrogens with zero attached hydrogens (tertiary/aromatic N) is 2. The first-order valence-electron chi connectivity index (χ1n) is 17.0. The topological polar surface area (TPSA) is 139 Å². The lowest BCUT2D eigenvalue weighted by Gasteiger charge is -2.38. The summed E-state index contributed by atoms with van der Waals surface area (Å²) < 4.78 is 13.1. The molecule has 0 unspecified atom stereocenters. The summed E-state index contributed by atoms with van der Waals surface area (Å²) in [6.07, 6.45) is 5.25. The van der Waals surface area contributed by atoms with Crippen LogP contribution in [0.4, 0.5) is 17.1 Å². The van der Waals surface area contributed by atoms with Gasteiger partial charge in [-0.1, -0.05) is 61.0 Å². The standard InChI is InChI=1S/C39H47N5O5/c1-44(23-21-31-11-7-8-22-41-31)26-33-25-36(29-19-17-28(27-45)18-20-29)49-39(48-33)30-10-9-12-32(24-30)42-37(46)15-3-2-4-16-38(47)43-35-14-6-5-13-34(35)40/h5-14,17-20,22,24,33,36,39,45H,2-4,15-16,21,23,25-27,40H2,1H3,(H,42,46)(H,43,47)/t33-,36+,39+/m0/s1. The summed E-state index contributed by atoms with van der Waals surface area (Å²) in [6, 6.07) is 28.6. The van der Waals surface area contributed by atoms with Gasteiger partial charge in [0.1, 0.15) is 0 Å². The molecule has 1 aliphatic rings. The molecular weight excluding hydrogens is 618 g/mol. The number of rotatable bonds is 16. The maximum atomic E-state index is 12.8. The lowest BCUT2D eigenvalue weighted by atomic mass is 9.99. The van der Waals surface area contributed by atoms with Crippen LogP contribution in [0.1, 0.15) is 73.3 Å². The second kappa shape index (κ2) is 18.2. The predicted molar refractivity (Wildman–Crippen MR) is 192 cm³/mol. The fourth-order valence-corrected chi connectivity index (χ4v) is 5.88. The Balaban J connectivity index is 1.14. The molecule has 2 amide bonds. The number of para-hydroxylation sites is 2. The van der Waals surface area contributed by atoms with Gasteiger partial charge in [0, 0.05) is 61.9 Å². The molecule has 1 aliphatic heterocycles. The Bertz CT molecular complexity index is 1630. The van der Waals surface area contributed by atoms with Crippen molar-refractivity contribution in [2.45, 2.75) is 70.1 Å². The number of unbranched alkanes of at least 4 members (excludes halogenated alkanes) is 2. The zero-order valence-corrected chi connectivity index (χ0v) is 28.1. The first-order chi connectivity index (χ1) is 23.9. The number of amides is 2. The van der Waals surface area contributed by atoms with Crippen LogP contribution in [0.15, 0.2) is 97.2 Å². The molecule has 49 heavy (non-hydrogen) atoms. The molecule has 0 radical (unpaired) electrons. The average molecular weight is 666 g/mol. The number of aliphatic hydroxyl groups is 1. The summed E-state index contributed by atoms with van der Waals surface area (Å²) in [5.41, 5.74) is 11.5. The minimum absolute atomic E-state index is 0.0123. The Morgan fingerprint density at radius 3 is 2.37 bits per heavy atom. The minimum atomic E-state index is -0.625. The van der Waals surface area contributed by atoms with Crippen LogP contribution in [-0.4, -0.2) is 53.0 Å². The van der Waals surface area contributed by atoms with Gasteiger partial charge in [0.25, 0.3) is 0 Å². The van der Waals surface area contributed by atoms with Crippen LogP contribution >= 0.6 is 0 Å². The highest BCUT2D eigenvalue weighted by molar-refractivity contribution is 5.93. The second-order valence-electron chi connectivity index (χ2n) is 12.6. The number of ether oxygens (including phenoxy) is 2. The van der Waals surface area contributed by atoms with Crippen molar-refractivity contribution in [3.8, 4) is 0 Å². The van der Waals surface area contributed by atoms with Crippen LogP contribution in [0.3, 0.4) is 0 Å². The van der Waals surface area contributed by atoms with Crippen LogP contribution in [0.25, 0.3) is 0 Å². The third kappa shape index (κ3) is 11.2. The van der Waals surface area contributed by atoms with Gasteiger partial charge in [0.05, 0.1) is 30.2 Å². The van der Waals surface area contributed by atoms with E-state index in [9.17, 15) is 14.7 Å². The molecule has 0 saturated carbocycles. The number of aromatic nitrogens is 1. The molecule has 1 saturated heterocycles. The van der Waals surface area contributed by atoms with Gasteiger partial charge in [0.15, 0.2) is 6.29 Å². The van der Waals surface area contributed by atoms with Gasteiger partial charge in [-0.05, 0) is 67.4 Å². The van der Waals surface area contributed by atoms with Crippen molar-refractivity contribution in [2.75, 3.05) is 36.5 Å². The molecule has 10 heteroatoms. The molecule has 3 atom stereocenters. The number of likely N-dealkylation sites (N-methyl/N-ethyl adjacent to an activating group) is 1. The number of benzene rings is 3. The SMILES string of the molecule is CN(CCc1ccccn1)C[C@@H]1C[C@H](c2ccc(CO)cc2)O[C@H](c2cccc(NC(=O)CCCCCC(=O)Nc3ccccc3N)c2)O1. The molecule has 5 N–H and O–H groups in total. The molecule has 5 rings (SSSR count). The first-order valence-corrected chi connectivity index (χ1v) is 17.0. The number of carbonyl (C=O) groups excluding carboxylic acids is 2. The van der Waals surface area contributed by atoms with Crippen LogP contribution in [0.5, 0.6) is 0 Å². The van der Waals surface area contributed by atoms with Crippen LogP contribution in [0, 0.1) is 0 Å². The molecule has 3 aromatic carbocycles. The molecule has 0 spiro atoms. The number of pyridine rings is 1. The van der Waals surface area contributed by atoms with Crippen LogP contribution in [-0.2, 0) is 32.1 Å². The lowest BCUT2D eigenvalue weighted by molar-refractivity contribution is -0.252. The van der Waals surface area contributed by atoms with Crippen molar-refractivity contribution in [1.29, 1.82) is 0 Å². The van der Waals surface area contributed by atoms with Gasteiger partial charge in [-0.2, -0.15) is 0 Å². The monoisotopic (exact) mass is 665 g/mol. The van der Waals surface area contributed by atoms with Crippen molar-refractivity contribution in [3.63, 3.8) is 0 Å². The zero-order chi connectivity index (χ0) is 34.4. The van der Waals surface area contributed by atoms with Gasteiger partial charge in [-0.3, -0.25) is 14.6 Å². The van der Waals surface area contributed by atoms with Gasteiger partial charge in [-0.25, -0.2) is 0 Å². The van der Waals surface area contributed by atoms with Gasteiger partial charge >= 0.3 is 0 Å². The fourth-order valence-electron chi connectivity index (χ4n) is 5.88. The normalized spacial score (nSPS) is 17.5. The summed E-state index contributed by atoms with van der Waals surface area (Å²) >= 11 is 0. The maximum absolute atomic E-state index is 12.8. The molecular formula is C39H47N5O5. The van der Waals surface area contributed by atoms with Gasteiger partial charge < -0.3 is 35.8 Å². The van der Waals surface area contributed by atoms with E-state index in [2.05, 4.69) is 27.6 Å². The van der Waals surface area contributed by atoms with Gasteiger partial charge in [-0.15, -0.1) is 0 Å². The Morgan fingerprint density at radius 2 is 1.63 bits per heavy atom. The largest absolute Gasteiger partial charge is 0.397 e. The van der Waals surface area contributed by atoms with Crippen molar-refractivity contribution >= 4 is 28.9 Å². The van der Waals surface area contributed by atoms with Crippen molar-refractivity contribution in [2.24, 2.45) is 0 Å². The van der Waals surface area contributed by atoms with Crippen molar-refractivity contribution in [1.82, 2.24) is 9.88 Å². The molecule has 2 heterocycles. The van der Waals surface area contributed by atoms with E-state index in [1.165, 1.54) is 0 Å². The number of hydrogen-bond donors (Lipinski definition) is 4. The first kappa shape index (κ1) is 35.7. The molecule has 4 aromatic rings. The third-order valence-corrected chi connectivity index (χ3v) is 8.59. The highest BCUT2D eigenvalue weighted by Crippen LogP contribution is 2.38. The van der Waals surface area contributed by atoms with Crippen molar-refractivity contribution in [3.05, 3.63) is 120 Å². The number of anilines is 3. The van der Waals surface area contributed by atoms with E-state index in [0.29, 0.717) is 49.2 Å². The molecule has 0 aliphatic carbocycles. The summed E-state index contributed by atoms with van der Waals surface area (Å²) in [5.74, 6) is -0.174.